The predicted octanol–water partition coefficient (Wildman–Crippen LogP) is 4.20. The fourth-order valence-electron chi connectivity index (χ4n) is 6.75. The Morgan fingerprint density at radius 1 is 1.06 bits per heavy atom. The number of unbranched alkanes of at least 4 members (excludes halogenated alkanes) is 4. The van der Waals surface area contributed by atoms with Gasteiger partial charge in [0, 0.05) is 26.0 Å². The minimum Gasteiger partial charge on any atom is -0.460 e. The third-order valence-corrected chi connectivity index (χ3v) is 9.82. The largest absolute Gasteiger partial charge is 0.460 e. The number of aldehydes is 1. The average molecular weight is 666 g/mol. The molecule has 12 heteroatoms. The molecule has 47 heavy (non-hydrogen) atoms. The molecule has 0 aromatic rings. The Bertz CT molecular complexity index is 1060. The van der Waals surface area contributed by atoms with Gasteiger partial charge in [-0.1, -0.05) is 44.8 Å². The fraction of sp³-hybridized carbons (Fsp3) is 0.829. The molecular formula is C35H59N3O9. The number of hydrogen-bond acceptors (Lipinski definition) is 11. The molecule has 0 aromatic heterocycles. The van der Waals surface area contributed by atoms with Crippen LogP contribution in [0.1, 0.15) is 98.8 Å². The van der Waals surface area contributed by atoms with E-state index < -0.39 is 17.8 Å². The molecule has 2 saturated heterocycles. The molecule has 1 saturated carbocycles. The minimum atomic E-state index is -0.491. The van der Waals surface area contributed by atoms with Gasteiger partial charge in [0.05, 0.1) is 44.7 Å². The molecule has 0 radical (unpaired) electrons. The van der Waals surface area contributed by atoms with Crippen molar-refractivity contribution in [2.24, 2.45) is 17.8 Å². The predicted molar refractivity (Wildman–Crippen MR) is 176 cm³/mol. The lowest BCUT2D eigenvalue weighted by molar-refractivity contribution is -0.173. The van der Waals surface area contributed by atoms with Crippen LogP contribution in [-0.2, 0) is 38.1 Å². The highest BCUT2D eigenvalue weighted by atomic mass is 16.6. The van der Waals surface area contributed by atoms with Gasteiger partial charge in [-0.15, -0.1) is 0 Å². The number of ketones is 1. The van der Waals surface area contributed by atoms with E-state index >= 15 is 0 Å². The number of ether oxygens (including phenoxy) is 5. The average Bonchev–Trinajstić information content (AvgIpc) is 3.94. The van der Waals surface area contributed by atoms with E-state index in [1.807, 2.05) is 13.8 Å². The molecule has 12 nitrogen and oxygen atoms in total. The monoisotopic (exact) mass is 665 g/mol. The normalized spacial score (nSPS) is 28.4. The number of carbonyl (C=O) groups excluding carboxylic acids is 4. The van der Waals surface area contributed by atoms with Crippen molar-refractivity contribution in [1.29, 1.82) is 0 Å². The molecule has 0 aromatic carbocycles. The summed E-state index contributed by atoms with van der Waals surface area (Å²) in [5.74, 6) is -0.318. The second-order valence-electron chi connectivity index (χ2n) is 14.1. The molecule has 1 aliphatic carbocycles. The van der Waals surface area contributed by atoms with Crippen molar-refractivity contribution in [2.45, 2.75) is 128 Å². The highest BCUT2D eigenvalue weighted by Crippen LogP contribution is 2.59. The Hall–Kier alpha value is -2.38. The summed E-state index contributed by atoms with van der Waals surface area (Å²) in [6, 6.07) is 0. The Labute approximate surface area is 280 Å². The van der Waals surface area contributed by atoms with E-state index in [1.54, 1.807) is 7.11 Å². The van der Waals surface area contributed by atoms with E-state index in [-0.39, 0.29) is 73.4 Å². The highest BCUT2D eigenvalue weighted by molar-refractivity contribution is 5.80. The van der Waals surface area contributed by atoms with Crippen molar-refractivity contribution in [2.75, 3.05) is 40.0 Å². The van der Waals surface area contributed by atoms with E-state index in [9.17, 15) is 19.2 Å². The van der Waals surface area contributed by atoms with Gasteiger partial charge in [-0.25, -0.2) is 4.79 Å². The second kappa shape index (κ2) is 19.0. The number of esters is 1. The molecule has 2 heterocycles. The van der Waals surface area contributed by atoms with Crippen LogP contribution in [-0.4, -0.2) is 93.6 Å². The van der Waals surface area contributed by atoms with Crippen molar-refractivity contribution in [3.63, 3.8) is 0 Å². The van der Waals surface area contributed by atoms with Gasteiger partial charge in [0.25, 0.3) is 0 Å². The molecule has 3 N–H and O–H groups in total. The van der Waals surface area contributed by atoms with Gasteiger partial charge in [0.2, 0.25) is 0 Å². The number of carbonyl (C=O) groups is 4. The number of hydrazine groups is 1. The van der Waals surface area contributed by atoms with Crippen LogP contribution in [0.3, 0.4) is 0 Å². The van der Waals surface area contributed by atoms with Crippen molar-refractivity contribution in [1.82, 2.24) is 16.2 Å². The summed E-state index contributed by atoms with van der Waals surface area (Å²) in [5.41, 5.74) is 5.94. The maximum Gasteiger partial charge on any atom is 0.407 e. The molecule has 268 valence electrons. The van der Waals surface area contributed by atoms with E-state index in [0.717, 1.165) is 51.2 Å². The third kappa shape index (κ3) is 12.2. The maximum atomic E-state index is 13.2. The fourth-order valence-corrected chi connectivity index (χ4v) is 6.75. The van der Waals surface area contributed by atoms with Crippen LogP contribution >= 0.6 is 0 Å². The zero-order valence-corrected chi connectivity index (χ0v) is 29.4. The summed E-state index contributed by atoms with van der Waals surface area (Å²) in [5, 5.41) is 2.79. The number of Topliss-reactive ketones (excluding diaryl/α,β-unsaturated/α-hetero) is 1. The van der Waals surface area contributed by atoms with Gasteiger partial charge in [-0.05, 0) is 58.8 Å². The SMILES string of the molecule is COC1C(OC(=O)C[C@@H](COC(=O)NCCCCCCCC(=O)CNNCC=O)C(C)C)CC[C@]2(CO2)C1C1(C)O[C@@H]1CC=C(C)C. The van der Waals surface area contributed by atoms with Crippen LogP contribution in [0.15, 0.2) is 11.6 Å². The van der Waals surface area contributed by atoms with E-state index in [0.29, 0.717) is 26.0 Å². The van der Waals surface area contributed by atoms with Crippen LogP contribution in [0.25, 0.3) is 0 Å². The number of alkyl carbamates (subject to hydrolysis) is 1. The summed E-state index contributed by atoms with van der Waals surface area (Å²) in [6.45, 7) is 12.0. The number of amides is 1. The highest BCUT2D eigenvalue weighted by Gasteiger charge is 2.72. The van der Waals surface area contributed by atoms with Crippen LogP contribution in [0.2, 0.25) is 0 Å². The first kappa shape index (κ1) is 39.1. The minimum absolute atomic E-state index is 0.0370. The lowest BCUT2D eigenvalue weighted by Crippen LogP contribution is -2.55. The molecular weight excluding hydrogens is 606 g/mol. The Balaban J connectivity index is 1.34. The molecule has 1 spiro atoms. The van der Waals surface area contributed by atoms with Crippen molar-refractivity contribution >= 4 is 24.1 Å². The van der Waals surface area contributed by atoms with Gasteiger partial charge in [0.15, 0.2) is 0 Å². The van der Waals surface area contributed by atoms with E-state index in [1.165, 1.54) is 5.57 Å². The van der Waals surface area contributed by atoms with Gasteiger partial charge in [0.1, 0.15) is 35.5 Å². The number of nitrogens with one attached hydrogen (secondary N) is 3. The van der Waals surface area contributed by atoms with Crippen LogP contribution in [0.5, 0.6) is 0 Å². The summed E-state index contributed by atoms with van der Waals surface area (Å²) in [6.07, 6.45) is 9.20. The van der Waals surface area contributed by atoms with Gasteiger partial charge < -0.3 is 33.8 Å². The Kier molecular flexibility index (Phi) is 15.8. The summed E-state index contributed by atoms with van der Waals surface area (Å²) < 4.78 is 29.8. The first-order valence-corrected chi connectivity index (χ1v) is 17.4. The molecule has 3 fully saturated rings. The molecule has 3 rings (SSSR count). The molecule has 4 unspecified atom stereocenters. The lowest BCUT2D eigenvalue weighted by Gasteiger charge is -2.42. The van der Waals surface area contributed by atoms with Crippen LogP contribution in [0.4, 0.5) is 4.79 Å². The Morgan fingerprint density at radius 3 is 2.45 bits per heavy atom. The quantitative estimate of drug-likeness (QED) is 0.0359. The van der Waals surface area contributed by atoms with Crippen LogP contribution in [0, 0.1) is 17.8 Å². The van der Waals surface area contributed by atoms with Gasteiger partial charge in [-0.3, -0.25) is 20.4 Å². The lowest BCUT2D eigenvalue weighted by atomic mass is 9.68. The number of hydrogen-bond donors (Lipinski definition) is 3. The van der Waals surface area contributed by atoms with Crippen molar-refractivity contribution < 1.29 is 42.9 Å². The second-order valence-corrected chi connectivity index (χ2v) is 14.1. The zero-order chi connectivity index (χ0) is 34.5. The van der Waals surface area contributed by atoms with E-state index in [2.05, 4.69) is 43.0 Å². The van der Waals surface area contributed by atoms with Gasteiger partial charge in [-0.2, -0.15) is 0 Å². The van der Waals surface area contributed by atoms with Crippen molar-refractivity contribution in [3.8, 4) is 0 Å². The molecule has 7 atom stereocenters. The third-order valence-electron chi connectivity index (χ3n) is 9.82. The topological polar surface area (TPSA) is 157 Å². The smallest absolute Gasteiger partial charge is 0.407 e. The number of allylic oxidation sites excluding steroid dienone is 1. The molecule has 0 bridgehead atoms. The van der Waals surface area contributed by atoms with E-state index in [4.69, 9.17) is 23.7 Å². The molecule has 2 aliphatic heterocycles. The summed E-state index contributed by atoms with van der Waals surface area (Å²) >= 11 is 0. The van der Waals surface area contributed by atoms with Crippen molar-refractivity contribution in [3.05, 3.63) is 11.6 Å². The zero-order valence-electron chi connectivity index (χ0n) is 29.4. The summed E-state index contributed by atoms with van der Waals surface area (Å²) in [7, 11) is 1.67. The molecule has 1 amide bonds. The maximum absolute atomic E-state index is 13.2. The number of rotatable bonds is 23. The number of methoxy groups -OCH3 is 1. The Morgan fingerprint density at radius 2 is 1.79 bits per heavy atom. The van der Waals surface area contributed by atoms with Crippen LogP contribution < -0.4 is 16.2 Å². The summed E-state index contributed by atoms with van der Waals surface area (Å²) in [4.78, 5) is 47.5. The first-order valence-electron chi connectivity index (χ1n) is 17.4. The van der Waals surface area contributed by atoms with Gasteiger partial charge >= 0.3 is 12.1 Å². The number of epoxide rings is 2. The standard InChI is InChI=1S/C35H59N3O9/c1-24(2)13-14-29-34(5,47-29)32-31(43-6)28(15-16-35(32)23-45-35)46-30(41)20-26(25(3)4)22-44-33(42)36-17-11-9-7-8-10-12-27(40)21-38-37-18-19-39/h13,19,25-26,28-29,31-32,37-38H,7-12,14-18,20-23H2,1-6H3,(H,36,42)/t26-,28?,29+,31?,32?,34?,35-/m0/s1. The first-order chi connectivity index (χ1) is 22.5. The molecule has 3 aliphatic rings.